The van der Waals surface area contributed by atoms with Gasteiger partial charge in [0.05, 0.1) is 0 Å². The van der Waals surface area contributed by atoms with Gasteiger partial charge in [-0.3, -0.25) is 4.79 Å². The predicted molar refractivity (Wildman–Crippen MR) is 74.5 cm³/mol. The molecule has 0 atom stereocenters. The van der Waals surface area contributed by atoms with E-state index in [1.807, 2.05) is 6.92 Å². The lowest BCUT2D eigenvalue weighted by molar-refractivity contribution is -0.123. The first kappa shape index (κ1) is 15.5. The number of benzene rings is 1. The van der Waals surface area contributed by atoms with Crippen LogP contribution in [0.2, 0.25) is 0 Å². The van der Waals surface area contributed by atoms with Crippen LogP contribution >= 0.6 is 15.9 Å². The molecule has 2 N–H and O–H groups in total. The molecule has 1 aromatic rings. The zero-order valence-electron chi connectivity index (χ0n) is 10.6. The minimum Gasteiger partial charge on any atom is -0.483 e. The molecule has 0 heterocycles. The van der Waals surface area contributed by atoms with Gasteiger partial charge in [-0.05, 0) is 24.6 Å². The maximum absolute atomic E-state index is 11.5. The smallest absolute Gasteiger partial charge is 0.339 e. The van der Waals surface area contributed by atoms with E-state index in [1.54, 1.807) is 6.07 Å². The van der Waals surface area contributed by atoms with E-state index in [2.05, 4.69) is 21.2 Å². The third-order valence-electron chi connectivity index (χ3n) is 2.39. The van der Waals surface area contributed by atoms with Crippen molar-refractivity contribution in [1.82, 2.24) is 5.32 Å². The number of rotatable bonds is 7. The Morgan fingerprint density at radius 2 is 2.16 bits per heavy atom. The normalized spacial score (nSPS) is 10.0. The summed E-state index contributed by atoms with van der Waals surface area (Å²) >= 11 is 3.23. The molecule has 1 amide bonds. The predicted octanol–water partition coefficient (Wildman–Crippen LogP) is 2.44. The van der Waals surface area contributed by atoms with E-state index in [1.165, 1.54) is 12.1 Å². The Labute approximate surface area is 120 Å². The number of hydrogen-bond acceptors (Lipinski definition) is 3. The van der Waals surface area contributed by atoms with Crippen LogP contribution in [0.5, 0.6) is 5.75 Å². The number of carbonyl (C=O) groups is 2. The lowest BCUT2D eigenvalue weighted by atomic mass is 10.2. The summed E-state index contributed by atoms with van der Waals surface area (Å²) in [5.74, 6) is -1.17. The fourth-order valence-electron chi connectivity index (χ4n) is 1.39. The highest BCUT2D eigenvalue weighted by Crippen LogP contribution is 2.23. The molecular weight excluding hydrogens is 314 g/mol. The molecule has 1 rings (SSSR count). The molecule has 104 valence electrons. The molecule has 0 aliphatic carbocycles. The Kier molecular flexibility index (Phi) is 6.35. The Hall–Kier alpha value is -1.56. The van der Waals surface area contributed by atoms with Crippen LogP contribution in [0, 0.1) is 0 Å². The SMILES string of the molecule is CCCCNC(=O)COc1cc(Br)ccc1C(=O)O. The Morgan fingerprint density at radius 1 is 1.42 bits per heavy atom. The Balaban J connectivity index is 2.59. The fraction of sp³-hybridized carbons (Fsp3) is 0.385. The highest BCUT2D eigenvalue weighted by atomic mass is 79.9. The lowest BCUT2D eigenvalue weighted by Gasteiger charge is -2.09. The average Bonchev–Trinajstić information content (AvgIpc) is 2.36. The standard InChI is InChI=1S/C13H16BrNO4/c1-2-3-6-15-12(16)8-19-11-7-9(14)4-5-10(11)13(17)18/h4-5,7H,2-3,6,8H2,1H3,(H,15,16)(H,17,18). The van der Waals surface area contributed by atoms with Gasteiger partial charge in [0.2, 0.25) is 0 Å². The summed E-state index contributed by atoms with van der Waals surface area (Å²) in [6.07, 6.45) is 1.90. The number of unbranched alkanes of at least 4 members (excludes halogenated alkanes) is 1. The molecule has 0 aliphatic heterocycles. The van der Waals surface area contributed by atoms with Gasteiger partial charge in [-0.1, -0.05) is 29.3 Å². The zero-order valence-corrected chi connectivity index (χ0v) is 12.2. The van der Waals surface area contributed by atoms with E-state index >= 15 is 0 Å². The van der Waals surface area contributed by atoms with Gasteiger partial charge in [0.15, 0.2) is 6.61 Å². The fourth-order valence-corrected chi connectivity index (χ4v) is 1.73. The van der Waals surface area contributed by atoms with E-state index in [9.17, 15) is 9.59 Å². The van der Waals surface area contributed by atoms with Gasteiger partial charge in [0.1, 0.15) is 11.3 Å². The van der Waals surface area contributed by atoms with Crippen molar-refractivity contribution in [3.05, 3.63) is 28.2 Å². The number of hydrogen-bond donors (Lipinski definition) is 2. The van der Waals surface area contributed by atoms with Crippen LogP contribution in [0.15, 0.2) is 22.7 Å². The summed E-state index contributed by atoms with van der Waals surface area (Å²) in [4.78, 5) is 22.5. The van der Waals surface area contributed by atoms with Gasteiger partial charge in [-0.2, -0.15) is 0 Å². The second-order valence-corrected chi connectivity index (χ2v) is 4.85. The average molecular weight is 330 g/mol. The summed E-state index contributed by atoms with van der Waals surface area (Å²) in [6, 6.07) is 4.57. The summed E-state index contributed by atoms with van der Waals surface area (Å²) in [5.41, 5.74) is 0.0320. The van der Waals surface area contributed by atoms with Crippen molar-refractivity contribution in [2.75, 3.05) is 13.2 Å². The largest absolute Gasteiger partial charge is 0.483 e. The first-order valence-corrected chi connectivity index (χ1v) is 6.76. The van der Waals surface area contributed by atoms with Crippen molar-refractivity contribution in [2.24, 2.45) is 0 Å². The van der Waals surface area contributed by atoms with E-state index in [4.69, 9.17) is 9.84 Å². The van der Waals surface area contributed by atoms with E-state index in [0.717, 1.165) is 12.8 Å². The molecule has 1 aromatic carbocycles. The highest BCUT2D eigenvalue weighted by Gasteiger charge is 2.12. The summed E-state index contributed by atoms with van der Waals surface area (Å²) in [5, 5.41) is 11.7. The van der Waals surface area contributed by atoms with Crippen LogP contribution < -0.4 is 10.1 Å². The number of halogens is 1. The zero-order chi connectivity index (χ0) is 14.3. The number of carbonyl (C=O) groups excluding carboxylic acids is 1. The van der Waals surface area contributed by atoms with Gasteiger partial charge in [-0.15, -0.1) is 0 Å². The molecule has 0 spiro atoms. The monoisotopic (exact) mass is 329 g/mol. The van der Waals surface area contributed by atoms with E-state index < -0.39 is 5.97 Å². The minimum atomic E-state index is -1.09. The summed E-state index contributed by atoms with van der Waals surface area (Å²) in [7, 11) is 0. The van der Waals surface area contributed by atoms with Crippen molar-refractivity contribution >= 4 is 27.8 Å². The molecule has 0 saturated heterocycles. The second kappa shape index (κ2) is 7.78. The summed E-state index contributed by atoms with van der Waals surface area (Å²) in [6.45, 7) is 2.44. The third kappa shape index (κ3) is 5.30. The van der Waals surface area contributed by atoms with Crippen LogP contribution in [-0.2, 0) is 4.79 Å². The quantitative estimate of drug-likeness (QED) is 0.753. The number of nitrogens with one attached hydrogen (secondary N) is 1. The number of ether oxygens (including phenoxy) is 1. The summed E-state index contributed by atoms with van der Waals surface area (Å²) < 4.78 is 5.94. The number of amides is 1. The molecule has 0 saturated carbocycles. The van der Waals surface area contributed by atoms with Crippen molar-refractivity contribution < 1.29 is 19.4 Å². The maximum atomic E-state index is 11.5. The molecule has 19 heavy (non-hydrogen) atoms. The van der Waals surface area contributed by atoms with Gasteiger partial charge in [0.25, 0.3) is 5.91 Å². The second-order valence-electron chi connectivity index (χ2n) is 3.94. The molecule has 0 radical (unpaired) electrons. The van der Waals surface area contributed by atoms with Crippen LogP contribution in [0.3, 0.4) is 0 Å². The van der Waals surface area contributed by atoms with Crippen molar-refractivity contribution in [1.29, 1.82) is 0 Å². The maximum Gasteiger partial charge on any atom is 0.339 e. The topological polar surface area (TPSA) is 75.6 Å². The number of carboxylic acid groups (broad SMARTS) is 1. The molecule has 0 aliphatic rings. The number of aromatic carboxylic acids is 1. The molecule has 5 nitrogen and oxygen atoms in total. The van der Waals surface area contributed by atoms with Gasteiger partial charge >= 0.3 is 5.97 Å². The molecule has 0 unspecified atom stereocenters. The van der Waals surface area contributed by atoms with Crippen LogP contribution in [0.25, 0.3) is 0 Å². The van der Waals surface area contributed by atoms with E-state index in [-0.39, 0.29) is 23.8 Å². The van der Waals surface area contributed by atoms with Gasteiger partial charge in [-0.25, -0.2) is 4.79 Å². The van der Waals surface area contributed by atoms with Gasteiger partial charge < -0.3 is 15.2 Å². The highest BCUT2D eigenvalue weighted by molar-refractivity contribution is 9.10. The molecular formula is C13H16BrNO4. The van der Waals surface area contributed by atoms with Crippen LogP contribution in [0.4, 0.5) is 0 Å². The Morgan fingerprint density at radius 3 is 2.79 bits per heavy atom. The molecule has 0 bridgehead atoms. The van der Waals surface area contributed by atoms with E-state index in [0.29, 0.717) is 11.0 Å². The molecule has 0 fully saturated rings. The third-order valence-corrected chi connectivity index (χ3v) is 2.88. The lowest BCUT2D eigenvalue weighted by Crippen LogP contribution is -2.29. The first-order chi connectivity index (χ1) is 9.04. The first-order valence-electron chi connectivity index (χ1n) is 5.97. The van der Waals surface area contributed by atoms with Crippen molar-refractivity contribution in [3.8, 4) is 5.75 Å². The molecule has 0 aromatic heterocycles. The minimum absolute atomic E-state index is 0.0320. The van der Waals surface area contributed by atoms with Crippen molar-refractivity contribution in [2.45, 2.75) is 19.8 Å². The van der Waals surface area contributed by atoms with Crippen LogP contribution in [0.1, 0.15) is 30.1 Å². The number of carboxylic acids is 1. The molecule has 6 heteroatoms. The van der Waals surface area contributed by atoms with Gasteiger partial charge in [0, 0.05) is 11.0 Å². The Bertz CT molecular complexity index is 462. The van der Waals surface area contributed by atoms with Crippen LogP contribution in [-0.4, -0.2) is 30.1 Å². The van der Waals surface area contributed by atoms with Crippen molar-refractivity contribution in [3.63, 3.8) is 0 Å².